The first kappa shape index (κ1) is 15.1. The molecule has 0 aliphatic carbocycles. The highest BCUT2D eigenvalue weighted by Gasteiger charge is 2.36. The Morgan fingerprint density at radius 2 is 2.19 bits per heavy atom. The highest BCUT2D eigenvalue weighted by atomic mass is 35.5. The molecule has 2 heterocycles. The molecule has 0 amide bonds. The number of halogens is 1. The van der Waals surface area contributed by atoms with E-state index in [0.717, 1.165) is 43.2 Å². The van der Waals surface area contributed by atoms with Crippen LogP contribution in [-0.4, -0.2) is 31.9 Å². The number of benzene rings is 1. The minimum Gasteiger partial charge on any atom is -0.493 e. The Kier molecular flexibility index (Phi) is 4.43. The fourth-order valence-corrected chi connectivity index (χ4v) is 3.83. The molecule has 2 atom stereocenters. The van der Waals surface area contributed by atoms with Gasteiger partial charge in [-0.2, -0.15) is 0 Å². The number of ether oxygens (including phenoxy) is 2. The van der Waals surface area contributed by atoms with Gasteiger partial charge >= 0.3 is 0 Å². The van der Waals surface area contributed by atoms with Crippen LogP contribution >= 0.6 is 11.6 Å². The largest absolute Gasteiger partial charge is 0.493 e. The maximum absolute atomic E-state index is 6.27. The van der Waals surface area contributed by atoms with E-state index in [0.29, 0.717) is 0 Å². The molecule has 2 aliphatic heterocycles. The Hall–Kier alpha value is -0.770. The fraction of sp³-hybridized carbons (Fsp3) is 0.647. The lowest BCUT2D eigenvalue weighted by atomic mass is 9.84. The van der Waals surface area contributed by atoms with Crippen molar-refractivity contribution in [2.75, 3.05) is 20.3 Å². The lowest BCUT2D eigenvalue weighted by Crippen LogP contribution is -2.52. The van der Waals surface area contributed by atoms with Gasteiger partial charge in [0.25, 0.3) is 0 Å². The van der Waals surface area contributed by atoms with Crippen LogP contribution in [0.5, 0.6) is 5.75 Å². The highest BCUT2D eigenvalue weighted by molar-refractivity contribution is 6.30. The number of likely N-dealkylation sites (N-methyl/N-ethyl adjacent to an activating group) is 1. The molecule has 1 aromatic carbocycles. The fourth-order valence-electron chi connectivity index (χ4n) is 3.57. The Morgan fingerprint density at radius 3 is 2.90 bits per heavy atom. The van der Waals surface area contributed by atoms with Gasteiger partial charge in [0.2, 0.25) is 0 Å². The highest BCUT2D eigenvalue weighted by Crippen LogP contribution is 2.36. The number of nitrogens with one attached hydrogen (secondary N) is 1. The van der Waals surface area contributed by atoms with E-state index >= 15 is 0 Å². The van der Waals surface area contributed by atoms with Crippen LogP contribution in [0.3, 0.4) is 0 Å². The third kappa shape index (κ3) is 3.05. The number of rotatable bonds is 4. The molecule has 2 unspecified atom stereocenters. The minimum atomic E-state index is -0.110. The van der Waals surface area contributed by atoms with E-state index in [2.05, 4.69) is 12.2 Å². The summed E-state index contributed by atoms with van der Waals surface area (Å²) in [6.07, 6.45) is 5.35. The summed E-state index contributed by atoms with van der Waals surface area (Å²) in [6.45, 7) is 3.85. The maximum atomic E-state index is 6.27. The summed E-state index contributed by atoms with van der Waals surface area (Å²) in [7, 11) is 2.01. The van der Waals surface area contributed by atoms with Crippen molar-refractivity contribution in [3.8, 4) is 5.75 Å². The Labute approximate surface area is 132 Å². The minimum absolute atomic E-state index is 0.110. The predicted molar refractivity (Wildman–Crippen MR) is 85.4 cm³/mol. The summed E-state index contributed by atoms with van der Waals surface area (Å²) in [5, 5.41) is 4.25. The van der Waals surface area contributed by atoms with Crippen LogP contribution in [0.2, 0.25) is 5.02 Å². The van der Waals surface area contributed by atoms with E-state index in [1.807, 2.05) is 19.2 Å². The SMILES string of the molecule is CNC(Cc1cc(Cl)cc2c1OCC2)C1(C)CCCCO1. The van der Waals surface area contributed by atoms with Gasteiger partial charge in [0, 0.05) is 24.1 Å². The van der Waals surface area contributed by atoms with E-state index in [1.165, 1.54) is 24.0 Å². The molecule has 0 saturated carbocycles. The average molecular weight is 310 g/mol. The van der Waals surface area contributed by atoms with Gasteiger partial charge in [-0.05, 0) is 62.9 Å². The summed E-state index contributed by atoms with van der Waals surface area (Å²) in [5.74, 6) is 1.04. The van der Waals surface area contributed by atoms with Gasteiger partial charge in [0.1, 0.15) is 5.75 Å². The van der Waals surface area contributed by atoms with Gasteiger partial charge in [-0.15, -0.1) is 0 Å². The molecule has 3 rings (SSSR count). The normalized spacial score (nSPS) is 26.2. The van der Waals surface area contributed by atoms with Crippen LogP contribution in [0.25, 0.3) is 0 Å². The van der Waals surface area contributed by atoms with Crippen molar-refractivity contribution in [3.05, 3.63) is 28.3 Å². The quantitative estimate of drug-likeness (QED) is 0.925. The summed E-state index contributed by atoms with van der Waals surface area (Å²) >= 11 is 6.27. The molecule has 1 saturated heterocycles. The molecule has 0 radical (unpaired) electrons. The Bertz CT molecular complexity index is 512. The average Bonchev–Trinajstić information content (AvgIpc) is 2.93. The van der Waals surface area contributed by atoms with Gasteiger partial charge in [-0.3, -0.25) is 0 Å². The Morgan fingerprint density at radius 1 is 1.33 bits per heavy atom. The lowest BCUT2D eigenvalue weighted by molar-refractivity contribution is -0.0871. The summed E-state index contributed by atoms with van der Waals surface area (Å²) in [4.78, 5) is 0. The van der Waals surface area contributed by atoms with Crippen LogP contribution in [0, 0.1) is 0 Å². The number of hydrogen-bond donors (Lipinski definition) is 1. The monoisotopic (exact) mass is 309 g/mol. The summed E-state index contributed by atoms with van der Waals surface area (Å²) in [6, 6.07) is 4.34. The zero-order valence-corrected chi connectivity index (χ0v) is 13.6. The van der Waals surface area contributed by atoms with Gasteiger partial charge in [0.05, 0.1) is 12.2 Å². The molecule has 116 valence electrons. The van der Waals surface area contributed by atoms with Crippen LogP contribution in [0.4, 0.5) is 0 Å². The van der Waals surface area contributed by atoms with Crippen molar-refractivity contribution in [1.82, 2.24) is 5.32 Å². The van der Waals surface area contributed by atoms with E-state index < -0.39 is 0 Å². The first-order valence-corrected chi connectivity index (χ1v) is 8.25. The van der Waals surface area contributed by atoms with Crippen molar-refractivity contribution in [2.24, 2.45) is 0 Å². The Balaban J connectivity index is 1.84. The number of hydrogen-bond acceptors (Lipinski definition) is 3. The smallest absolute Gasteiger partial charge is 0.125 e. The number of fused-ring (bicyclic) bond motifs is 1. The van der Waals surface area contributed by atoms with Crippen molar-refractivity contribution in [1.29, 1.82) is 0 Å². The first-order chi connectivity index (χ1) is 10.1. The van der Waals surface area contributed by atoms with Crippen molar-refractivity contribution >= 4 is 11.6 Å². The molecule has 0 aromatic heterocycles. The van der Waals surface area contributed by atoms with Crippen LogP contribution in [0.15, 0.2) is 12.1 Å². The van der Waals surface area contributed by atoms with Crippen molar-refractivity contribution < 1.29 is 9.47 Å². The van der Waals surface area contributed by atoms with Crippen LogP contribution in [-0.2, 0) is 17.6 Å². The second-order valence-electron chi connectivity index (χ2n) is 6.32. The molecule has 1 N–H and O–H groups in total. The predicted octanol–water partition coefficient (Wildman–Crippen LogP) is 3.36. The summed E-state index contributed by atoms with van der Waals surface area (Å²) < 4.78 is 11.9. The molecule has 1 fully saturated rings. The van der Waals surface area contributed by atoms with Gasteiger partial charge in [-0.25, -0.2) is 0 Å². The lowest BCUT2D eigenvalue weighted by Gasteiger charge is -2.40. The molecular weight excluding hydrogens is 286 g/mol. The zero-order chi connectivity index (χ0) is 14.9. The molecule has 0 spiro atoms. The van der Waals surface area contributed by atoms with E-state index in [4.69, 9.17) is 21.1 Å². The van der Waals surface area contributed by atoms with E-state index in [9.17, 15) is 0 Å². The molecule has 4 heteroatoms. The molecule has 2 aliphatic rings. The van der Waals surface area contributed by atoms with Crippen molar-refractivity contribution in [3.63, 3.8) is 0 Å². The van der Waals surface area contributed by atoms with Crippen LogP contribution in [0.1, 0.15) is 37.3 Å². The van der Waals surface area contributed by atoms with E-state index in [1.54, 1.807) is 0 Å². The van der Waals surface area contributed by atoms with Gasteiger partial charge in [0.15, 0.2) is 0 Å². The third-order valence-corrected chi connectivity index (χ3v) is 5.05. The third-order valence-electron chi connectivity index (χ3n) is 4.83. The molecule has 1 aromatic rings. The topological polar surface area (TPSA) is 30.5 Å². The van der Waals surface area contributed by atoms with Crippen LogP contribution < -0.4 is 10.1 Å². The summed E-state index contributed by atoms with van der Waals surface area (Å²) in [5.41, 5.74) is 2.33. The second-order valence-corrected chi connectivity index (χ2v) is 6.75. The molecule has 21 heavy (non-hydrogen) atoms. The maximum Gasteiger partial charge on any atom is 0.125 e. The second kappa shape index (κ2) is 6.15. The standard InChI is InChI=1S/C17H24ClNO2/c1-17(6-3-4-7-21-17)15(19-2)11-13-10-14(18)9-12-5-8-20-16(12)13/h9-10,15,19H,3-8,11H2,1-2H3. The first-order valence-electron chi connectivity index (χ1n) is 7.88. The van der Waals surface area contributed by atoms with Crippen molar-refractivity contribution in [2.45, 2.75) is 50.7 Å². The van der Waals surface area contributed by atoms with Gasteiger partial charge in [-0.1, -0.05) is 11.6 Å². The molecule has 3 nitrogen and oxygen atoms in total. The zero-order valence-electron chi connectivity index (χ0n) is 12.9. The molecular formula is C17H24ClNO2. The van der Waals surface area contributed by atoms with Gasteiger partial charge < -0.3 is 14.8 Å². The molecule has 0 bridgehead atoms. The van der Waals surface area contributed by atoms with E-state index in [-0.39, 0.29) is 11.6 Å².